The van der Waals surface area contributed by atoms with Gasteiger partial charge in [-0.1, -0.05) is 57.6 Å². The highest BCUT2D eigenvalue weighted by atomic mass is 35.5. The fraction of sp³-hybridized carbons (Fsp3) is 0.647. The minimum Gasteiger partial charge on any atom is -0.310 e. The quantitative estimate of drug-likeness (QED) is 0.532. The molecule has 114 valence electrons. The zero-order chi connectivity index (χ0) is 14.8. The van der Waals surface area contributed by atoms with Crippen LogP contribution in [0.2, 0.25) is 5.02 Å². The van der Waals surface area contributed by atoms with E-state index in [0.717, 1.165) is 31.4 Å². The molecule has 0 bridgehead atoms. The van der Waals surface area contributed by atoms with Gasteiger partial charge in [-0.2, -0.15) is 0 Å². The van der Waals surface area contributed by atoms with Crippen molar-refractivity contribution in [3.8, 4) is 0 Å². The predicted octanol–water partition coefficient (Wildman–Crippen LogP) is 5.88. The molecule has 0 aliphatic carbocycles. The van der Waals surface area contributed by atoms with E-state index in [0.29, 0.717) is 5.02 Å². The first-order chi connectivity index (χ1) is 9.69. The van der Waals surface area contributed by atoms with Crippen LogP contribution in [-0.4, -0.2) is 6.54 Å². The van der Waals surface area contributed by atoms with Crippen LogP contribution in [0.25, 0.3) is 0 Å². The van der Waals surface area contributed by atoms with Crippen molar-refractivity contribution in [1.82, 2.24) is 5.32 Å². The van der Waals surface area contributed by atoms with E-state index >= 15 is 0 Å². The van der Waals surface area contributed by atoms with Crippen LogP contribution >= 0.6 is 11.6 Å². The summed E-state index contributed by atoms with van der Waals surface area (Å²) in [5, 5.41) is 4.15. The third kappa shape index (κ3) is 6.23. The average Bonchev–Trinajstić information content (AvgIpc) is 2.45. The molecule has 0 radical (unpaired) electrons. The second-order valence-corrected chi connectivity index (χ2v) is 5.78. The molecule has 1 nitrogen and oxygen atoms in total. The highest BCUT2D eigenvalue weighted by molar-refractivity contribution is 6.31. The van der Waals surface area contributed by atoms with E-state index in [2.05, 4.69) is 19.2 Å². The second-order valence-electron chi connectivity index (χ2n) is 5.38. The van der Waals surface area contributed by atoms with E-state index < -0.39 is 0 Å². The lowest BCUT2D eigenvalue weighted by Gasteiger charge is -2.20. The van der Waals surface area contributed by atoms with Crippen molar-refractivity contribution >= 4 is 11.6 Å². The van der Waals surface area contributed by atoms with Crippen molar-refractivity contribution in [1.29, 1.82) is 0 Å². The van der Waals surface area contributed by atoms with Gasteiger partial charge >= 0.3 is 0 Å². The van der Waals surface area contributed by atoms with E-state index in [1.54, 1.807) is 12.1 Å². The van der Waals surface area contributed by atoms with Crippen molar-refractivity contribution in [2.24, 2.45) is 0 Å². The molecule has 0 heterocycles. The van der Waals surface area contributed by atoms with Crippen LogP contribution in [0.15, 0.2) is 18.2 Å². The van der Waals surface area contributed by atoms with Gasteiger partial charge in [-0.05, 0) is 43.1 Å². The van der Waals surface area contributed by atoms with E-state index in [1.165, 1.54) is 31.7 Å². The lowest BCUT2D eigenvalue weighted by molar-refractivity contribution is 0.466. The SMILES string of the molecule is CCCCCCCC(NCCC)c1cc(F)ccc1Cl. The number of rotatable bonds is 10. The van der Waals surface area contributed by atoms with Gasteiger partial charge in [0.2, 0.25) is 0 Å². The molecule has 0 aromatic heterocycles. The number of benzene rings is 1. The Balaban J connectivity index is 2.60. The largest absolute Gasteiger partial charge is 0.310 e. The van der Waals surface area contributed by atoms with Crippen molar-refractivity contribution in [3.05, 3.63) is 34.6 Å². The van der Waals surface area contributed by atoms with Gasteiger partial charge in [0.1, 0.15) is 5.82 Å². The first-order valence-corrected chi connectivity index (χ1v) is 8.25. The summed E-state index contributed by atoms with van der Waals surface area (Å²) in [5.74, 6) is -0.210. The Morgan fingerprint density at radius 3 is 2.55 bits per heavy atom. The molecule has 20 heavy (non-hydrogen) atoms. The Morgan fingerprint density at radius 1 is 1.10 bits per heavy atom. The van der Waals surface area contributed by atoms with Crippen LogP contribution in [-0.2, 0) is 0 Å². The molecule has 1 rings (SSSR count). The maximum absolute atomic E-state index is 13.4. The van der Waals surface area contributed by atoms with E-state index in [-0.39, 0.29) is 11.9 Å². The molecule has 1 atom stereocenters. The Kier molecular flexibility index (Phi) is 8.88. The van der Waals surface area contributed by atoms with Gasteiger partial charge in [0.05, 0.1) is 0 Å². The molecule has 0 fully saturated rings. The van der Waals surface area contributed by atoms with Crippen molar-refractivity contribution in [2.75, 3.05) is 6.54 Å². The molecule has 1 N–H and O–H groups in total. The maximum atomic E-state index is 13.4. The summed E-state index contributed by atoms with van der Waals surface area (Å²) in [6, 6.07) is 4.81. The van der Waals surface area contributed by atoms with Gasteiger partial charge < -0.3 is 5.32 Å². The third-order valence-corrected chi connectivity index (χ3v) is 3.91. The summed E-state index contributed by atoms with van der Waals surface area (Å²) in [4.78, 5) is 0. The number of hydrogen-bond acceptors (Lipinski definition) is 1. The van der Waals surface area contributed by atoms with Gasteiger partial charge in [0.25, 0.3) is 0 Å². The minimum atomic E-state index is -0.210. The van der Waals surface area contributed by atoms with E-state index in [4.69, 9.17) is 11.6 Å². The minimum absolute atomic E-state index is 0.166. The van der Waals surface area contributed by atoms with Crippen molar-refractivity contribution < 1.29 is 4.39 Å². The predicted molar refractivity (Wildman–Crippen MR) is 85.8 cm³/mol. The standard InChI is InChI=1S/C17H27ClFN/c1-3-5-6-7-8-9-17(20-12-4-2)15-13-14(19)10-11-16(15)18/h10-11,13,17,20H,3-9,12H2,1-2H3. The fourth-order valence-electron chi connectivity index (χ4n) is 2.42. The summed E-state index contributed by atoms with van der Waals surface area (Å²) in [5.41, 5.74) is 0.899. The first kappa shape index (κ1) is 17.5. The molecule has 3 heteroatoms. The third-order valence-electron chi connectivity index (χ3n) is 3.57. The van der Waals surface area contributed by atoms with Crippen molar-refractivity contribution in [2.45, 2.75) is 64.8 Å². The summed E-state index contributed by atoms with van der Waals surface area (Å²) in [7, 11) is 0. The molecule has 0 spiro atoms. The van der Waals surface area contributed by atoms with Crippen LogP contribution in [0.5, 0.6) is 0 Å². The van der Waals surface area contributed by atoms with Crippen LogP contribution in [0.4, 0.5) is 4.39 Å². The molecule has 0 aliphatic heterocycles. The molecule has 0 aliphatic rings. The van der Waals surface area contributed by atoms with E-state index in [9.17, 15) is 4.39 Å². The zero-order valence-corrected chi connectivity index (χ0v) is 13.5. The molecule has 0 saturated carbocycles. The Hall–Kier alpha value is -0.600. The van der Waals surface area contributed by atoms with Gasteiger partial charge in [-0.3, -0.25) is 0 Å². The summed E-state index contributed by atoms with van der Waals surface area (Å²) in [6.07, 6.45) is 8.33. The second kappa shape index (κ2) is 10.2. The Morgan fingerprint density at radius 2 is 1.85 bits per heavy atom. The molecule has 0 amide bonds. The normalized spacial score (nSPS) is 12.6. The maximum Gasteiger partial charge on any atom is 0.123 e. The highest BCUT2D eigenvalue weighted by Gasteiger charge is 2.14. The average molecular weight is 300 g/mol. The lowest BCUT2D eigenvalue weighted by atomic mass is 9.99. The Labute approximate surface area is 127 Å². The highest BCUT2D eigenvalue weighted by Crippen LogP contribution is 2.28. The van der Waals surface area contributed by atoms with Crippen LogP contribution < -0.4 is 5.32 Å². The van der Waals surface area contributed by atoms with Crippen LogP contribution in [0.3, 0.4) is 0 Å². The smallest absolute Gasteiger partial charge is 0.123 e. The molecule has 0 saturated heterocycles. The fourth-order valence-corrected chi connectivity index (χ4v) is 2.67. The monoisotopic (exact) mass is 299 g/mol. The number of hydrogen-bond donors (Lipinski definition) is 1. The van der Waals surface area contributed by atoms with Crippen LogP contribution in [0, 0.1) is 5.82 Å². The van der Waals surface area contributed by atoms with Crippen LogP contribution in [0.1, 0.15) is 70.4 Å². The van der Waals surface area contributed by atoms with Gasteiger partial charge in [0.15, 0.2) is 0 Å². The zero-order valence-electron chi connectivity index (χ0n) is 12.7. The Bertz CT molecular complexity index is 381. The van der Waals surface area contributed by atoms with E-state index in [1.807, 2.05) is 0 Å². The van der Waals surface area contributed by atoms with Gasteiger partial charge in [-0.25, -0.2) is 4.39 Å². The molecular formula is C17H27ClFN. The van der Waals surface area contributed by atoms with Gasteiger partial charge in [-0.15, -0.1) is 0 Å². The number of unbranched alkanes of at least 4 members (excludes halogenated alkanes) is 4. The van der Waals surface area contributed by atoms with Gasteiger partial charge in [0, 0.05) is 11.1 Å². The number of halogens is 2. The first-order valence-electron chi connectivity index (χ1n) is 7.87. The number of nitrogens with one attached hydrogen (secondary N) is 1. The topological polar surface area (TPSA) is 12.0 Å². The summed E-state index contributed by atoms with van der Waals surface area (Å²) in [6.45, 7) is 5.29. The summed E-state index contributed by atoms with van der Waals surface area (Å²) < 4.78 is 13.4. The molecule has 1 unspecified atom stereocenters. The van der Waals surface area contributed by atoms with Crippen molar-refractivity contribution in [3.63, 3.8) is 0 Å². The lowest BCUT2D eigenvalue weighted by Crippen LogP contribution is -2.22. The molecular weight excluding hydrogens is 273 g/mol. The molecule has 1 aromatic rings. The summed E-state index contributed by atoms with van der Waals surface area (Å²) >= 11 is 6.23. The molecule has 1 aromatic carbocycles.